The number of ketones is 1. The monoisotopic (exact) mass is 829 g/mol. The fraction of sp³-hybridized carbons (Fsp3) is 0.744. The van der Waals surface area contributed by atoms with Gasteiger partial charge in [0, 0.05) is 49.5 Å². The Morgan fingerprint density at radius 2 is 1.80 bits per heavy atom. The fourth-order valence-electron chi connectivity index (χ4n) is 9.01. The van der Waals surface area contributed by atoms with Crippen molar-refractivity contribution in [3.05, 3.63) is 30.5 Å². The molecule has 2 fully saturated rings. The maximum Gasteiger partial charge on any atom is 0.410 e. The van der Waals surface area contributed by atoms with Gasteiger partial charge in [0.25, 0.3) is 0 Å². The average Bonchev–Trinajstić information content (AvgIpc) is 3.79. The predicted octanol–water partition coefficient (Wildman–Crippen LogP) is 3.92. The van der Waals surface area contributed by atoms with Crippen molar-refractivity contribution >= 4 is 23.5 Å². The molecule has 1 aromatic carbocycles. The van der Waals surface area contributed by atoms with Gasteiger partial charge < -0.3 is 46.6 Å². The number of nitrogen functional groups attached to an aromatic ring is 1. The predicted molar refractivity (Wildman–Crippen MR) is 226 cm³/mol. The van der Waals surface area contributed by atoms with E-state index in [0.717, 1.165) is 11.3 Å². The van der Waals surface area contributed by atoms with Crippen molar-refractivity contribution < 1.29 is 38.4 Å². The van der Waals surface area contributed by atoms with Crippen LogP contribution in [0.5, 0.6) is 0 Å². The number of hydrogen-bond acceptors (Lipinski definition) is 14. The number of nitrogens with two attached hydrogens (primary N) is 3. The number of aromatic nitrogens is 3. The number of aliphatic hydroxyl groups is 1. The highest BCUT2D eigenvalue weighted by molar-refractivity contribution is 6.00. The number of cyclic esters (lactones) is 1. The van der Waals surface area contributed by atoms with Gasteiger partial charge in [0.2, 0.25) is 0 Å². The van der Waals surface area contributed by atoms with E-state index in [2.05, 4.69) is 22.6 Å². The second-order valence-corrected chi connectivity index (χ2v) is 17.7. The number of Topliss-reactive ketones (excluding diaryl/α,β-unsaturated/α-hetero) is 1. The molecule has 1 aromatic heterocycles. The number of carbonyl (C=O) groups excluding carboxylic acids is 3. The van der Waals surface area contributed by atoms with Gasteiger partial charge in [0.05, 0.1) is 36.2 Å². The first-order chi connectivity index (χ1) is 27.8. The number of nitrogens with zero attached hydrogens (tertiary/aromatic N) is 4. The highest BCUT2D eigenvalue weighted by Crippen LogP contribution is 2.39. The van der Waals surface area contributed by atoms with E-state index in [1.165, 1.54) is 6.92 Å². The summed E-state index contributed by atoms with van der Waals surface area (Å²) < 4.78 is 27.0. The lowest BCUT2D eigenvalue weighted by Gasteiger charge is -2.43. The zero-order valence-corrected chi connectivity index (χ0v) is 36.9. The number of aryl methyl sites for hydroxylation is 1. The normalized spacial score (nSPS) is 32.0. The average molecular weight is 829 g/mol. The summed E-state index contributed by atoms with van der Waals surface area (Å²) >= 11 is 0. The summed E-state index contributed by atoms with van der Waals surface area (Å²) in [7, 11) is 1.58. The van der Waals surface area contributed by atoms with Crippen LogP contribution in [-0.2, 0) is 35.1 Å². The molecular weight excluding hydrogens is 757 g/mol. The molecular formula is C43H72N8O8. The number of ether oxygens (including phenoxy) is 4. The Balaban J connectivity index is 1.57. The minimum absolute atomic E-state index is 0.0104. The fourth-order valence-corrected chi connectivity index (χ4v) is 9.01. The summed E-state index contributed by atoms with van der Waals surface area (Å²) in [6.07, 6.45) is 0.525. The molecule has 8 N–H and O–H groups in total. The molecule has 332 valence electrons. The molecule has 13 atom stereocenters. The molecule has 0 bridgehead atoms. The van der Waals surface area contributed by atoms with E-state index in [1.807, 2.05) is 65.1 Å². The molecule has 2 aliphatic heterocycles. The Bertz CT molecular complexity index is 1700. The Labute approximate surface area is 350 Å². The number of nitrogens with one attached hydrogen (secondary N) is 1. The van der Waals surface area contributed by atoms with Gasteiger partial charge in [-0.15, -0.1) is 5.10 Å². The van der Waals surface area contributed by atoms with Crippen molar-refractivity contribution in [2.75, 3.05) is 32.5 Å². The van der Waals surface area contributed by atoms with Gasteiger partial charge in [0.1, 0.15) is 17.7 Å². The summed E-state index contributed by atoms with van der Waals surface area (Å²) in [5.74, 6) is -3.05. The van der Waals surface area contributed by atoms with E-state index in [0.29, 0.717) is 64.0 Å². The molecule has 2 aliphatic rings. The van der Waals surface area contributed by atoms with Crippen LogP contribution in [0.25, 0.3) is 11.3 Å². The summed E-state index contributed by atoms with van der Waals surface area (Å²) in [6.45, 7) is 18.6. The Morgan fingerprint density at radius 1 is 1.10 bits per heavy atom. The lowest BCUT2D eigenvalue weighted by molar-refractivity contribution is -0.190. The maximum absolute atomic E-state index is 14.3. The minimum Gasteiger partial charge on any atom is -0.458 e. The van der Waals surface area contributed by atoms with E-state index < -0.39 is 77.4 Å². The standard InChI is InChI=1S/C43H72N8O8/c1-11-35-43(9)38(51(41(55)59-43)18-13-12-17-50-24-34(48-49-50)31-15-14-16-32(45)20-31)29(6)47-23-26(3)21-42(8,56-10)39(27(4)36(52)28(5)40(54)58-35)57-30(7)37(53)33(46)19-25(2)22-44/h14-16,20,24-30,33,35,37-39,47,53H,11-13,17-19,21-23,44-46H2,1-10H3/t25-,26+,27-,28+,29+,30+,33?,35+,37?,38+,39+,42+,43+/m0/s1. The molecule has 2 unspecified atom stereocenters. The third-order valence-electron chi connectivity index (χ3n) is 12.6. The van der Waals surface area contributed by atoms with Crippen molar-refractivity contribution in [3.63, 3.8) is 0 Å². The van der Waals surface area contributed by atoms with Crippen molar-refractivity contribution in [2.24, 2.45) is 35.1 Å². The quantitative estimate of drug-likeness (QED) is 0.0742. The highest BCUT2D eigenvalue weighted by Gasteiger charge is 2.58. The van der Waals surface area contributed by atoms with Crippen LogP contribution in [0.4, 0.5) is 10.5 Å². The summed E-state index contributed by atoms with van der Waals surface area (Å²) in [5.41, 5.74) is 18.2. The molecule has 1 amide bonds. The number of unbranched alkanes of at least 4 members (excludes halogenated alkanes) is 1. The second-order valence-electron chi connectivity index (χ2n) is 17.7. The summed E-state index contributed by atoms with van der Waals surface area (Å²) in [5, 5.41) is 23.5. The van der Waals surface area contributed by atoms with Crippen LogP contribution in [0.3, 0.4) is 0 Å². The molecule has 0 saturated carbocycles. The van der Waals surface area contributed by atoms with Crippen LogP contribution < -0.4 is 22.5 Å². The van der Waals surface area contributed by atoms with Crippen LogP contribution in [0.2, 0.25) is 0 Å². The molecule has 16 nitrogen and oxygen atoms in total. The molecule has 3 heterocycles. The van der Waals surface area contributed by atoms with Crippen LogP contribution in [0, 0.1) is 23.7 Å². The molecule has 0 radical (unpaired) electrons. The van der Waals surface area contributed by atoms with Gasteiger partial charge in [-0.25, -0.2) is 4.79 Å². The van der Waals surface area contributed by atoms with Gasteiger partial charge in [0.15, 0.2) is 11.4 Å². The molecule has 2 aromatic rings. The number of amides is 1. The number of hydrogen-bond donors (Lipinski definition) is 5. The van der Waals surface area contributed by atoms with Crippen LogP contribution in [0.15, 0.2) is 30.5 Å². The van der Waals surface area contributed by atoms with E-state index in [1.54, 1.807) is 30.5 Å². The van der Waals surface area contributed by atoms with Crippen molar-refractivity contribution in [1.82, 2.24) is 25.2 Å². The van der Waals surface area contributed by atoms with Gasteiger partial charge in [-0.3, -0.25) is 19.2 Å². The molecule has 59 heavy (non-hydrogen) atoms. The summed E-state index contributed by atoms with van der Waals surface area (Å²) in [6, 6.07) is 6.06. The number of anilines is 1. The molecule has 2 saturated heterocycles. The Kier molecular flexibility index (Phi) is 16.9. The third kappa shape index (κ3) is 11.4. The zero-order valence-electron chi connectivity index (χ0n) is 36.9. The first-order valence-corrected chi connectivity index (χ1v) is 21.4. The number of carbonyl (C=O) groups is 3. The van der Waals surface area contributed by atoms with Gasteiger partial charge in [-0.1, -0.05) is 45.0 Å². The number of benzene rings is 1. The molecule has 4 rings (SSSR count). The van der Waals surface area contributed by atoms with Gasteiger partial charge in [-0.2, -0.15) is 0 Å². The van der Waals surface area contributed by atoms with Crippen molar-refractivity contribution in [2.45, 2.75) is 155 Å². The van der Waals surface area contributed by atoms with E-state index in [-0.39, 0.29) is 17.9 Å². The second kappa shape index (κ2) is 20.7. The Morgan fingerprint density at radius 3 is 2.44 bits per heavy atom. The topological polar surface area (TPSA) is 232 Å². The minimum atomic E-state index is -1.23. The number of aliphatic hydroxyl groups excluding tert-OH is 1. The lowest BCUT2D eigenvalue weighted by atomic mass is 9.78. The molecule has 16 heteroatoms. The number of esters is 1. The first-order valence-electron chi connectivity index (χ1n) is 21.4. The van der Waals surface area contributed by atoms with Crippen molar-refractivity contribution in [1.29, 1.82) is 0 Å². The number of rotatable bonds is 15. The lowest BCUT2D eigenvalue weighted by Crippen LogP contribution is -2.61. The van der Waals surface area contributed by atoms with Crippen LogP contribution in [-0.4, -0.2) is 123 Å². The highest BCUT2D eigenvalue weighted by atomic mass is 16.6. The van der Waals surface area contributed by atoms with Gasteiger partial charge >= 0.3 is 12.1 Å². The van der Waals surface area contributed by atoms with Crippen molar-refractivity contribution in [3.8, 4) is 11.3 Å². The SMILES string of the molecule is CC[C@H]1OC(=O)[C@H](C)C(=O)[C@H](C)[C@@H](O[C@H](C)C(O)C(N)C[C@H](C)CN)[C@](C)(OC)C[C@@H](C)CN[C@H](C)[C@H]2N(CCCCn3cc(-c4cccc(N)c4)nn3)C(=O)O[C@]12C. The first kappa shape index (κ1) is 48.0. The van der Waals surface area contributed by atoms with Gasteiger partial charge in [-0.05, 0) is 104 Å². The third-order valence-corrected chi connectivity index (χ3v) is 12.6. The molecule has 0 aliphatic carbocycles. The van der Waals surface area contributed by atoms with E-state index in [9.17, 15) is 19.5 Å². The van der Waals surface area contributed by atoms with E-state index >= 15 is 0 Å². The number of fused-ring (bicyclic) bond motifs is 1. The zero-order chi connectivity index (χ0) is 43.8. The van der Waals surface area contributed by atoms with E-state index in [4.69, 9.17) is 36.1 Å². The summed E-state index contributed by atoms with van der Waals surface area (Å²) in [4.78, 5) is 43.8. The Hall–Kier alpha value is -3.67. The molecule has 0 spiro atoms. The van der Waals surface area contributed by atoms with Crippen LogP contribution in [0.1, 0.15) is 94.4 Å². The smallest absolute Gasteiger partial charge is 0.410 e. The maximum atomic E-state index is 14.3. The van der Waals surface area contributed by atoms with Crippen LogP contribution >= 0.6 is 0 Å². The largest absolute Gasteiger partial charge is 0.458 e. The number of methoxy groups -OCH3 is 1.